The Kier molecular flexibility index (Phi) is 1.90. The first-order chi connectivity index (χ1) is 7.74. The van der Waals surface area contributed by atoms with Crippen molar-refractivity contribution >= 4 is 22.6 Å². The van der Waals surface area contributed by atoms with E-state index in [-0.39, 0.29) is 5.75 Å². The Hall–Kier alpha value is -1.95. The molecule has 0 saturated heterocycles. The zero-order valence-corrected chi connectivity index (χ0v) is 9.25. The van der Waals surface area contributed by atoms with Gasteiger partial charge in [-0.15, -0.1) is 5.10 Å². The molecule has 2 heterocycles. The Morgan fingerprint density at radius 2 is 2.25 bits per heavy atom. The molecule has 3 aromatic rings. The van der Waals surface area contributed by atoms with Crippen LogP contribution in [0.15, 0.2) is 18.2 Å². The van der Waals surface area contributed by atoms with E-state index >= 15 is 0 Å². The summed E-state index contributed by atoms with van der Waals surface area (Å²) < 4.78 is 3.87. The Bertz CT molecular complexity index is 658. The second-order valence-electron chi connectivity index (χ2n) is 3.47. The molecular weight excluding hydrogens is 224 g/mol. The van der Waals surface area contributed by atoms with Crippen molar-refractivity contribution in [2.24, 2.45) is 0 Å². The Balaban J connectivity index is 2.23. The van der Waals surface area contributed by atoms with Crippen LogP contribution in [0.4, 0.5) is 0 Å². The summed E-state index contributed by atoms with van der Waals surface area (Å²) in [5.74, 6) is 0.968. The van der Waals surface area contributed by atoms with Crippen LogP contribution < -0.4 is 0 Å². The lowest BCUT2D eigenvalue weighted by Gasteiger charge is -1.89. The van der Waals surface area contributed by atoms with Crippen LogP contribution in [0.1, 0.15) is 5.69 Å². The highest BCUT2D eigenvalue weighted by molar-refractivity contribution is 7.09. The first kappa shape index (κ1) is 9.29. The van der Waals surface area contributed by atoms with Crippen molar-refractivity contribution in [3.63, 3.8) is 0 Å². The van der Waals surface area contributed by atoms with Gasteiger partial charge in [0.25, 0.3) is 0 Å². The molecular formula is C10H8N4OS. The monoisotopic (exact) mass is 232 g/mol. The molecule has 0 radical (unpaired) electrons. The number of nitrogens with zero attached hydrogens (tertiary/aromatic N) is 3. The highest BCUT2D eigenvalue weighted by Gasteiger charge is 2.11. The van der Waals surface area contributed by atoms with Crippen LogP contribution >= 0.6 is 11.5 Å². The summed E-state index contributed by atoms with van der Waals surface area (Å²) in [5.41, 5.74) is 2.48. The maximum absolute atomic E-state index is 9.35. The van der Waals surface area contributed by atoms with Gasteiger partial charge < -0.3 is 10.1 Å². The molecule has 2 N–H and O–H groups in total. The third kappa shape index (κ3) is 1.35. The van der Waals surface area contributed by atoms with Crippen LogP contribution in [0.2, 0.25) is 0 Å². The lowest BCUT2D eigenvalue weighted by Crippen LogP contribution is -1.79. The van der Waals surface area contributed by atoms with E-state index in [2.05, 4.69) is 19.6 Å². The second-order valence-corrected chi connectivity index (χ2v) is 4.23. The molecule has 0 amide bonds. The maximum atomic E-state index is 9.35. The minimum absolute atomic E-state index is 0.224. The van der Waals surface area contributed by atoms with Crippen LogP contribution in [0.5, 0.6) is 5.75 Å². The molecule has 0 spiro atoms. The Labute approximate surface area is 94.9 Å². The first-order valence-electron chi connectivity index (χ1n) is 4.72. The zero-order valence-electron chi connectivity index (χ0n) is 8.43. The third-order valence-electron chi connectivity index (χ3n) is 2.33. The van der Waals surface area contributed by atoms with E-state index in [9.17, 15) is 5.11 Å². The van der Waals surface area contributed by atoms with Crippen molar-refractivity contribution < 1.29 is 5.11 Å². The molecule has 16 heavy (non-hydrogen) atoms. The van der Waals surface area contributed by atoms with Gasteiger partial charge >= 0.3 is 0 Å². The molecule has 0 saturated carbocycles. The summed E-state index contributed by atoms with van der Waals surface area (Å²) >= 11 is 1.30. The molecule has 2 aromatic heterocycles. The fourth-order valence-electron chi connectivity index (χ4n) is 1.55. The van der Waals surface area contributed by atoms with E-state index in [4.69, 9.17) is 0 Å². The van der Waals surface area contributed by atoms with Gasteiger partial charge in [0.1, 0.15) is 10.6 Å². The van der Waals surface area contributed by atoms with Crippen molar-refractivity contribution in [1.82, 2.24) is 19.6 Å². The largest absolute Gasteiger partial charge is 0.508 e. The molecule has 1 aromatic carbocycles. The van der Waals surface area contributed by atoms with Crippen molar-refractivity contribution in [2.45, 2.75) is 6.92 Å². The van der Waals surface area contributed by atoms with Crippen LogP contribution in [0.3, 0.4) is 0 Å². The minimum Gasteiger partial charge on any atom is -0.508 e. The third-order valence-corrected chi connectivity index (χ3v) is 3.17. The molecule has 0 aliphatic carbocycles. The van der Waals surface area contributed by atoms with Gasteiger partial charge in [-0.3, -0.25) is 0 Å². The van der Waals surface area contributed by atoms with Gasteiger partial charge in [-0.2, -0.15) is 0 Å². The predicted octanol–water partition coefficient (Wildman–Crippen LogP) is 2.10. The normalized spacial score (nSPS) is 11.1. The number of phenols is 1. The van der Waals surface area contributed by atoms with Crippen LogP contribution in [-0.2, 0) is 0 Å². The highest BCUT2D eigenvalue weighted by Crippen LogP contribution is 2.26. The summed E-state index contributed by atoms with van der Waals surface area (Å²) in [7, 11) is 0. The van der Waals surface area contributed by atoms with Gasteiger partial charge in [-0.05, 0) is 30.6 Å². The first-order valence-corrected chi connectivity index (χ1v) is 5.49. The van der Waals surface area contributed by atoms with Gasteiger partial charge in [-0.1, -0.05) is 4.49 Å². The number of H-pyrrole nitrogens is 1. The van der Waals surface area contributed by atoms with Gasteiger partial charge in [0.2, 0.25) is 0 Å². The average Bonchev–Trinajstić information content (AvgIpc) is 2.82. The van der Waals surface area contributed by atoms with E-state index < -0.39 is 0 Å². The number of benzene rings is 1. The molecule has 3 rings (SSSR count). The van der Waals surface area contributed by atoms with Crippen molar-refractivity contribution in [1.29, 1.82) is 0 Å². The number of fused-ring (bicyclic) bond motifs is 1. The number of rotatable bonds is 1. The van der Waals surface area contributed by atoms with E-state index in [1.807, 2.05) is 6.92 Å². The molecule has 0 fully saturated rings. The van der Waals surface area contributed by atoms with Crippen molar-refractivity contribution in [3.8, 4) is 16.5 Å². The molecule has 80 valence electrons. The molecule has 0 atom stereocenters. The predicted molar refractivity (Wildman–Crippen MR) is 61.4 cm³/mol. The van der Waals surface area contributed by atoms with Gasteiger partial charge in [0.05, 0.1) is 16.7 Å². The van der Waals surface area contributed by atoms with Gasteiger partial charge in [0, 0.05) is 6.07 Å². The number of phenolic OH excluding ortho intramolecular Hbond substituents is 1. The molecule has 0 bridgehead atoms. The number of aromatic nitrogens is 4. The lowest BCUT2D eigenvalue weighted by atomic mass is 10.3. The van der Waals surface area contributed by atoms with Crippen molar-refractivity contribution in [3.05, 3.63) is 23.9 Å². The van der Waals surface area contributed by atoms with Crippen LogP contribution in [-0.4, -0.2) is 24.7 Å². The maximum Gasteiger partial charge on any atom is 0.152 e. The lowest BCUT2D eigenvalue weighted by molar-refractivity contribution is 0.476. The smallest absolute Gasteiger partial charge is 0.152 e. The Morgan fingerprint density at radius 3 is 3.00 bits per heavy atom. The summed E-state index contributed by atoms with van der Waals surface area (Å²) in [6.45, 7) is 1.89. The number of aryl methyl sites for hydroxylation is 1. The van der Waals surface area contributed by atoms with E-state index in [1.54, 1.807) is 18.2 Å². The fourth-order valence-corrected chi connectivity index (χ4v) is 2.15. The van der Waals surface area contributed by atoms with Crippen molar-refractivity contribution in [2.75, 3.05) is 0 Å². The van der Waals surface area contributed by atoms with E-state index in [0.717, 1.165) is 27.4 Å². The number of hydrogen-bond donors (Lipinski definition) is 2. The average molecular weight is 232 g/mol. The molecule has 0 unspecified atom stereocenters. The summed E-state index contributed by atoms with van der Waals surface area (Å²) in [6.07, 6.45) is 0. The quantitative estimate of drug-likeness (QED) is 0.673. The number of aromatic hydroxyl groups is 1. The van der Waals surface area contributed by atoms with Crippen LogP contribution in [0.25, 0.3) is 21.7 Å². The van der Waals surface area contributed by atoms with E-state index in [0.29, 0.717) is 0 Å². The van der Waals surface area contributed by atoms with Gasteiger partial charge in [-0.25, -0.2) is 4.98 Å². The van der Waals surface area contributed by atoms with E-state index in [1.165, 1.54) is 11.5 Å². The summed E-state index contributed by atoms with van der Waals surface area (Å²) in [4.78, 5) is 8.49. The molecule has 6 heteroatoms. The fraction of sp³-hybridized carbons (Fsp3) is 0.100. The highest BCUT2D eigenvalue weighted by atomic mass is 32.1. The molecule has 5 nitrogen and oxygen atoms in total. The topological polar surface area (TPSA) is 74.7 Å². The number of nitrogens with one attached hydrogen (secondary N) is 1. The number of hydrogen-bond acceptors (Lipinski definition) is 5. The standard InChI is InChI=1S/C10H8N4OS/c1-5-9(16-14-13-5)10-11-7-3-2-6(15)4-8(7)12-10/h2-4,15H,1H3,(H,11,12). The molecule has 0 aliphatic rings. The van der Waals surface area contributed by atoms with Crippen LogP contribution in [0, 0.1) is 6.92 Å². The zero-order chi connectivity index (χ0) is 11.1. The summed E-state index contributed by atoms with van der Waals surface area (Å²) in [5, 5.41) is 13.3. The minimum atomic E-state index is 0.224. The Morgan fingerprint density at radius 1 is 1.38 bits per heavy atom. The number of aromatic amines is 1. The number of imidazole rings is 1. The second kappa shape index (κ2) is 3.28. The van der Waals surface area contributed by atoms with Gasteiger partial charge in [0.15, 0.2) is 5.82 Å². The summed E-state index contributed by atoms with van der Waals surface area (Å²) in [6, 6.07) is 5.04. The molecule has 0 aliphatic heterocycles. The SMILES string of the molecule is Cc1nnsc1-c1nc2ccc(O)cc2[nH]1.